The number of aliphatic hydroxyl groups excluding tert-OH is 1. The quantitative estimate of drug-likeness (QED) is 0.589. The molecule has 1 aliphatic heterocycles. The average Bonchev–Trinajstić information content (AvgIpc) is 3.02. The van der Waals surface area contributed by atoms with Gasteiger partial charge in [0.25, 0.3) is 0 Å². The minimum absolute atomic E-state index is 0.0400. The molecule has 1 fully saturated rings. The summed E-state index contributed by atoms with van der Waals surface area (Å²) >= 11 is 0. The van der Waals surface area contributed by atoms with E-state index in [1.807, 2.05) is 0 Å². The number of rotatable bonds is 7. The highest BCUT2D eigenvalue weighted by Crippen LogP contribution is 2.21. The lowest BCUT2D eigenvalue weighted by Gasteiger charge is -2.24. The Morgan fingerprint density at radius 3 is 3.05 bits per heavy atom. The van der Waals surface area contributed by atoms with Crippen LogP contribution in [-0.2, 0) is 6.54 Å². The first-order valence-electron chi connectivity index (χ1n) is 6.72. The van der Waals surface area contributed by atoms with Crippen molar-refractivity contribution in [3.05, 3.63) is 22.5 Å². The summed E-state index contributed by atoms with van der Waals surface area (Å²) in [6.45, 7) is 2.84. The van der Waals surface area contributed by atoms with E-state index in [0.717, 1.165) is 25.9 Å². The molecule has 7 nitrogen and oxygen atoms in total. The third-order valence-electron chi connectivity index (χ3n) is 3.64. The first-order chi connectivity index (χ1) is 9.20. The van der Waals surface area contributed by atoms with Gasteiger partial charge < -0.3 is 5.11 Å². The van der Waals surface area contributed by atoms with Crippen LogP contribution in [0.15, 0.2) is 12.4 Å². The van der Waals surface area contributed by atoms with Crippen molar-refractivity contribution in [3.8, 4) is 0 Å². The fraction of sp³-hybridized carbons (Fsp3) is 0.750. The highest BCUT2D eigenvalue weighted by molar-refractivity contribution is 5.20. The lowest BCUT2D eigenvalue weighted by atomic mass is 10.1. The Balaban J connectivity index is 1.81. The van der Waals surface area contributed by atoms with Crippen molar-refractivity contribution < 1.29 is 10.0 Å². The van der Waals surface area contributed by atoms with Crippen molar-refractivity contribution in [2.45, 2.75) is 38.3 Å². The second-order valence-corrected chi connectivity index (χ2v) is 4.92. The number of hydrogen-bond acceptors (Lipinski definition) is 5. The summed E-state index contributed by atoms with van der Waals surface area (Å²) in [7, 11) is 0. The number of nitro groups is 1. The van der Waals surface area contributed by atoms with Gasteiger partial charge >= 0.3 is 5.69 Å². The second-order valence-electron chi connectivity index (χ2n) is 4.92. The molecule has 19 heavy (non-hydrogen) atoms. The molecule has 2 rings (SSSR count). The molecular formula is C12H20N4O3. The Labute approximate surface area is 112 Å². The molecule has 0 spiro atoms. The third kappa shape index (κ3) is 3.74. The molecule has 1 aromatic rings. The Hall–Kier alpha value is -1.47. The number of aromatic nitrogens is 2. The molecule has 0 aromatic carbocycles. The van der Waals surface area contributed by atoms with Crippen molar-refractivity contribution in [1.82, 2.24) is 14.7 Å². The van der Waals surface area contributed by atoms with Crippen LogP contribution in [0.2, 0.25) is 0 Å². The highest BCUT2D eigenvalue weighted by Gasteiger charge is 2.23. The van der Waals surface area contributed by atoms with Crippen LogP contribution in [0.25, 0.3) is 0 Å². The van der Waals surface area contributed by atoms with Crippen molar-refractivity contribution in [2.24, 2.45) is 0 Å². The minimum atomic E-state index is -0.427. The molecule has 1 N–H and O–H groups in total. The van der Waals surface area contributed by atoms with E-state index in [2.05, 4.69) is 10.00 Å². The van der Waals surface area contributed by atoms with E-state index in [4.69, 9.17) is 5.11 Å². The van der Waals surface area contributed by atoms with Gasteiger partial charge in [-0.3, -0.25) is 19.7 Å². The van der Waals surface area contributed by atoms with Crippen LogP contribution in [0, 0.1) is 10.1 Å². The first kappa shape index (κ1) is 14.0. The van der Waals surface area contributed by atoms with Gasteiger partial charge in [0.15, 0.2) is 0 Å². The van der Waals surface area contributed by atoms with Gasteiger partial charge in [-0.1, -0.05) is 0 Å². The monoisotopic (exact) mass is 268 g/mol. The smallest absolute Gasteiger partial charge is 0.306 e. The Morgan fingerprint density at radius 1 is 1.53 bits per heavy atom. The fourth-order valence-electron chi connectivity index (χ4n) is 2.64. The molecule has 0 aliphatic carbocycles. The predicted octanol–water partition coefficient (Wildman–Crippen LogP) is 1.03. The molecule has 106 valence electrons. The molecule has 1 unspecified atom stereocenters. The van der Waals surface area contributed by atoms with Crippen molar-refractivity contribution in [3.63, 3.8) is 0 Å². The summed E-state index contributed by atoms with van der Waals surface area (Å²) in [4.78, 5) is 12.5. The molecule has 0 amide bonds. The summed E-state index contributed by atoms with van der Waals surface area (Å²) in [6, 6.07) is 0.540. The maximum Gasteiger partial charge on any atom is 0.306 e. The Kier molecular flexibility index (Phi) is 4.86. The summed E-state index contributed by atoms with van der Waals surface area (Å²) < 4.78 is 1.62. The van der Waals surface area contributed by atoms with Gasteiger partial charge in [0.05, 0.1) is 11.5 Å². The molecule has 0 bridgehead atoms. The molecule has 0 radical (unpaired) electrons. The SMILES string of the molecule is O=[N+]([O-])c1cnn(CCN2CCCC2CCCO)c1. The zero-order chi connectivity index (χ0) is 13.7. The van der Waals surface area contributed by atoms with Crippen LogP contribution in [-0.4, -0.2) is 50.4 Å². The first-order valence-corrected chi connectivity index (χ1v) is 6.72. The van der Waals surface area contributed by atoms with E-state index in [1.54, 1.807) is 4.68 Å². The van der Waals surface area contributed by atoms with Crippen LogP contribution >= 0.6 is 0 Å². The maximum atomic E-state index is 10.6. The Bertz CT molecular complexity index is 421. The molecule has 1 aromatic heterocycles. The lowest BCUT2D eigenvalue weighted by molar-refractivity contribution is -0.385. The predicted molar refractivity (Wildman–Crippen MR) is 69.8 cm³/mol. The largest absolute Gasteiger partial charge is 0.396 e. The van der Waals surface area contributed by atoms with E-state index >= 15 is 0 Å². The standard InChI is InChI=1S/C12H20N4O3/c17-8-2-4-11-3-1-5-14(11)6-7-15-10-12(9-13-15)16(18)19/h9-11,17H,1-8H2. The van der Waals surface area contributed by atoms with E-state index in [-0.39, 0.29) is 12.3 Å². The van der Waals surface area contributed by atoms with Crippen LogP contribution in [0.1, 0.15) is 25.7 Å². The second kappa shape index (κ2) is 6.63. The van der Waals surface area contributed by atoms with Gasteiger partial charge in [-0.05, 0) is 32.2 Å². The van der Waals surface area contributed by atoms with Crippen LogP contribution < -0.4 is 0 Å². The molecule has 2 heterocycles. The zero-order valence-electron chi connectivity index (χ0n) is 10.9. The van der Waals surface area contributed by atoms with E-state index in [0.29, 0.717) is 12.6 Å². The van der Waals surface area contributed by atoms with Crippen molar-refractivity contribution in [1.29, 1.82) is 0 Å². The normalized spacial score (nSPS) is 19.9. The summed E-state index contributed by atoms with van der Waals surface area (Å²) in [5.74, 6) is 0. The zero-order valence-corrected chi connectivity index (χ0v) is 10.9. The molecule has 7 heteroatoms. The van der Waals surface area contributed by atoms with E-state index in [9.17, 15) is 10.1 Å². The van der Waals surface area contributed by atoms with Gasteiger partial charge in [-0.2, -0.15) is 5.10 Å². The third-order valence-corrected chi connectivity index (χ3v) is 3.64. The van der Waals surface area contributed by atoms with Crippen LogP contribution in [0.4, 0.5) is 5.69 Å². The van der Waals surface area contributed by atoms with Gasteiger partial charge in [0.1, 0.15) is 12.4 Å². The summed E-state index contributed by atoms with van der Waals surface area (Å²) in [6.07, 6.45) is 6.99. The molecule has 0 saturated carbocycles. The molecular weight excluding hydrogens is 248 g/mol. The van der Waals surface area contributed by atoms with Gasteiger partial charge in [-0.25, -0.2) is 0 Å². The van der Waals surface area contributed by atoms with E-state index in [1.165, 1.54) is 25.2 Å². The Morgan fingerprint density at radius 2 is 2.37 bits per heavy atom. The lowest BCUT2D eigenvalue weighted by Crippen LogP contribution is -2.32. The van der Waals surface area contributed by atoms with E-state index < -0.39 is 4.92 Å². The molecule has 1 saturated heterocycles. The van der Waals surface area contributed by atoms with Crippen LogP contribution in [0.3, 0.4) is 0 Å². The molecule has 1 aliphatic rings. The highest BCUT2D eigenvalue weighted by atomic mass is 16.6. The van der Waals surface area contributed by atoms with Crippen molar-refractivity contribution in [2.75, 3.05) is 19.7 Å². The maximum absolute atomic E-state index is 10.6. The number of hydrogen-bond donors (Lipinski definition) is 1. The van der Waals surface area contributed by atoms with Gasteiger partial charge in [-0.15, -0.1) is 0 Å². The summed E-state index contributed by atoms with van der Waals surface area (Å²) in [5.41, 5.74) is 0.0400. The fourth-order valence-corrected chi connectivity index (χ4v) is 2.64. The number of aliphatic hydroxyl groups is 1. The number of likely N-dealkylation sites (tertiary alicyclic amines) is 1. The van der Waals surface area contributed by atoms with Gasteiger partial charge in [0.2, 0.25) is 0 Å². The number of nitrogens with zero attached hydrogens (tertiary/aromatic N) is 4. The minimum Gasteiger partial charge on any atom is -0.396 e. The van der Waals surface area contributed by atoms with Crippen LogP contribution in [0.5, 0.6) is 0 Å². The molecule has 1 atom stereocenters. The summed E-state index contributed by atoms with van der Waals surface area (Å²) in [5, 5.41) is 23.4. The average molecular weight is 268 g/mol. The van der Waals surface area contributed by atoms with Gasteiger partial charge in [0, 0.05) is 19.2 Å². The van der Waals surface area contributed by atoms with Crippen molar-refractivity contribution >= 4 is 5.69 Å². The topological polar surface area (TPSA) is 84.4 Å².